The van der Waals surface area contributed by atoms with Crippen molar-refractivity contribution in [1.82, 2.24) is 9.55 Å². The lowest BCUT2D eigenvalue weighted by atomic mass is 10.3. The molecule has 1 heterocycles. The Hall–Kier alpha value is -1.23. The Balaban J connectivity index is 0.00000196. The van der Waals surface area contributed by atoms with Crippen LogP contribution in [-0.4, -0.2) is 16.1 Å². The molecule has 1 aromatic rings. The molecule has 2 N–H and O–H groups in total. The highest BCUT2D eigenvalue weighted by atomic mass is 35.5. The summed E-state index contributed by atoms with van der Waals surface area (Å²) < 4.78 is 1.39. The van der Waals surface area contributed by atoms with Gasteiger partial charge in [0.05, 0.1) is 0 Å². The number of nitrogens with one attached hydrogen (secondary N) is 2. The summed E-state index contributed by atoms with van der Waals surface area (Å²) in [6.07, 6.45) is 2.09. The van der Waals surface area contributed by atoms with Crippen LogP contribution in [0.25, 0.3) is 0 Å². The van der Waals surface area contributed by atoms with Gasteiger partial charge in [-0.05, 0) is 6.42 Å². The lowest BCUT2D eigenvalue weighted by Gasteiger charge is -2.08. The summed E-state index contributed by atoms with van der Waals surface area (Å²) >= 11 is 0. The van der Waals surface area contributed by atoms with Gasteiger partial charge in [0.15, 0.2) is 0 Å². The molecule has 0 atom stereocenters. The van der Waals surface area contributed by atoms with Crippen LogP contribution < -0.4 is 16.6 Å². The molecule has 5 nitrogen and oxygen atoms in total. The zero-order chi connectivity index (χ0) is 10.6. The first-order valence-electron chi connectivity index (χ1n) is 4.69. The number of rotatable bonds is 4. The first-order valence-corrected chi connectivity index (χ1v) is 4.69. The molecule has 86 valence electrons. The number of aromatic amines is 1. The van der Waals surface area contributed by atoms with Crippen LogP contribution in [0.5, 0.6) is 0 Å². The molecule has 1 rings (SSSR count). The summed E-state index contributed by atoms with van der Waals surface area (Å²) in [6.45, 7) is 2.85. The van der Waals surface area contributed by atoms with Crippen molar-refractivity contribution in [2.24, 2.45) is 7.05 Å². The van der Waals surface area contributed by atoms with Crippen LogP contribution in [0.1, 0.15) is 19.8 Å². The van der Waals surface area contributed by atoms with Crippen molar-refractivity contribution in [3.63, 3.8) is 0 Å². The Labute approximate surface area is 93.9 Å². The SMILES string of the molecule is CCCCNc1cc(=O)[nH]c(=O)n1C.Cl. The van der Waals surface area contributed by atoms with Gasteiger partial charge < -0.3 is 5.32 Å². The number of anilines is 1. The standard InChI is InChI=1S/C9H15N3O2.ClH/c1-3-4-5-10-7-6-8(13)11-9(14)12(7)2;/h6,10H,3-5H2,1-2H3,(H,11,13,14);1H. The summed E-state index contributed by atoms with van der Waals surface area (Å²) in [5.74, 6) is 0.562. The maximum absolute atomic E-state index is 11.2. The summed E-state index contributed by atoms with van der Waals surface area (Å²) in [7, 11) is 1.62. The minimum atomic E-state index is -0.392. The van der Waals surface area contributed by atoms with Gasteiger partial charge in [-0.3, -0.25) is 14.3 Å². The van der Waals surface area contributed by atoms with Crippen molar-refractivity contribution in [3.05, 3.63) is 26.9 Å². The van der Waals surface area contributed by atoms with E-state index in [1.54, 1.807) is 7.05 Å². The van der Waals surface area contributed by atoms with Crippen LogP contribution in [0, 0.1) is 0 Å². The van der Waals surface area contributed by atoms with E-state index in [1.165, 1.54) is 10.6 Å². The van der Waals surface area contributed by atoms with Gasteiger partial charge in [-0.15, -0.1) is 12.4 Å². The van der Waals surface area contributed by atoms with E-state index < -0.39 is 5.69 Å². The van der Waals surface area contributed by atoms with Gasteiger partial charge in [-0.25, -0.2) is 4.79 Å². The van der Waals surface area contributed by atoms with Crippen LogP contribution in [0.3, 0.4) is 0 Å². The van der Waals surface area contributed by atoms with Crippen LogP contribution >= 0.6 is 12.4 Å². The van der Waals surface area contributed by atoms with E-state index in [0.717, 1.165) is 19.4 Å². The monoisotopic (exact) mass is 233 g/mol. The Morgan fingerprint density at radius 3 is 2.73 bits per heavy atom. The molecular formula is C9H16ClN3O2. The average Bonchev–Trinajstić information content (AvgIpc) is 2.13. The van der Waals surface area contributed by atoms with Crippen molar-refractivity contribution in [2.45, 2.75) is 19.8 Å². The maximum atomic E-state index is 11.2. The number of halogens is 1. The van der Waals surface area contributed by atoms with Crippen LogP contribution in [0.15, 0.2) is 15.7 Å². The molecule has 0 amide bonds. The van der Waals surface area contributed by atoms with Crippen LogP contribution in [0.4, 0.5) is 5.82 Å². The summed E-state index contributed by atoms with van der Waals surface area (Å²) in [6, 6.07) is 1.39. The molecule has 0 saturated heterocycles. The predicted molar refractivity (Wildman–Crippen MR) is 62.9 cm³/mol. The number of nitrogens with zero attached hydrogens (tertiary/aromatic N) is 1. The zero-order valence-corrected chi connectivity index (χ0v) is 9.69. The molecule has 0 aromatic carbocycles. The summed E-state index contributed by atoms with van der Waals surface area (Å²) in [4.78, 5) is 24.3. The van der Waals surface area contributed by atoms with Gasteiger partial charge in [-0.1, -0.05) is 13.3 Å². The van der Waals surface area contributed by atoms with Crippen molar-refractivity contribution in [1.29, 1.82) is 0 Å². The zero-order valence-electron chi connectivity index (χ0n) is 8.87. The lowest BCUT2D eigenvalue weighted by Crippen LogP contribution is -2.29. The average molecular weight is 234 g/mol. The number of aromatic nitrogens is 2. The van der Waals surface area contributed by atoms with E-state index in [9.17, 15) is 9.59 Å². The second-order valence-electron chi connectivity index (χ2n) is 3.16. The fourth-order valence-corrected chi connectivity index (χ4v) is 1.12. The minimum absolute atomic E-state index is 0. The van der Waals surface area contributed by atoms with Gasteiger partial charge in [0, 0.05) is 19.7 Å². The number of unbranched alkanes of at least 4 members (excludes halogenated alkanes) is 1. The smallest absolute Gasteiger partial charge is 0.329 e. The summed E-state index contributed by atoms with van der Waals surface area (Å²) in [5, 5.41) is 3.04. The highest BCUT2D eigenvalue weighted by Crippen LogP contribution is 1.98. The minimum Gasteiger partial charge on any atom is -0.371 e. The maximum Gasteiger partial charge on any atom is 0.329 e. The number of hydrogen-bond acceptors (Lipinski definition) is 3. The Bertz CT molecular complexity index is 411. The molecule has 0 radical (unpaired) electrons. The van der Waals surface area contributed by atoms with Gasteiger partial charge in [-0.2, -0.15) is 0 Å². The third-order valence-corrected chi connectivity index (χ3v) is 2.00. The molecule has 0 bridgehead atoms. The van der Waals surface area contributed by atoms with Gasteiger partial charge in [0.1, 0.15) is 5.82 Å². The highest BCUT2D eigenvalue weighted by molar-refractivity contribution is 5.85. The first-order chi connectivity index (χ1) is 6.65. The van der Waals surface area contributed by atoms with E-state index in [4.69, 9.17) is 0 Å². The van der Waals surface area contributed by atoms with Crippen molar-refractivity contribution >= 4 is 18.2 Å². The van der Waals surface area contributed by atoms with Crippen LogP contribution in [0.2, 0.25) is 0 Å². The van der Waals surface area contributed by atoms with E-state index in [2.05, 4.69) is 17.2 Å². The quantitative estimate of drug-likeness (QED) is 0.753. The molecule has 0 unspecified atom stereocenters. The normalized spacial score (nSPS) is 9.47. The third-order valence-electron chi connectivity index (χ3n) is 2.00. The molecule has 15 heavy (non-hydrogen) atoms. The second-order valence-corrected chi connectivity index (χ2v) is 3.16. The molecule has 0 aliphatic heterocycles. The number of hydrogen-bond donors (Lipinski definition) is 2. The molecule has 0 fully saturated rings. The summed E-state index contributed by atoms with van der Waals surface area (Å²) in [5.41, 5.74) is -0.761. The van der Waals surface area contributed by atoms with E-state index in [-0.39, 0.29) is 18.0 Å². The number of H-pyrrole nitrogens is 1. The van der Waals surface area contributed by atoms with Crippen molar-refractivity contribution < 1.29 is 0 Å². The molecule has 0 saturated carbocycles. The van der Waals surface area contributed by atoms with Gasteiger partial charge in [0.2, 0.25) is 0 Å². The Morgan fingerprint density at radius 2 is 2.13 bits per heavy atom. The van der Waals surface area contributed by atoms with Crippen LogP contribution in [-0.2, 0) is 7.05 Å². The largest absolute Gasteiger partial charge is 0.371 e. The molecule has 0 spiro atoms. The fraction of sp³-hybridized carbons (Fsp3) is 0.556. The molecular weight excluding hydrogens is 218 g/mol. The van der Waals surface area contributed by atoms with E-state index >= 15 is 0 Å². The molecule has 0 aliphatic carbocycles. The van der Waals surface area contributed by atoms with E-state index in [0.29, 0.717) is 5.82 Å². The predicted octanol–water partition coefficient (Wildman–Crippen LogP) is 0.707. The molecule has 6 heteroatoms. The fourth-order valence-electron chi connectivity index (χ4n) is 1.12. The Morgan fingerprint density at radius 1 is 1.47 bits per heavy atom. The molecule has 0 aliphatic rings. The van der Waals surface area contributed by atoms with E-state index in [1.807, 2.05) is 0 Å². The van der Waals surface area contributed by atoms with Crippen molar-refractivity contribution in [2.75, 3.05) is 11.9 Å². The topological polar surface area (TPSA) is 66.9 Å². The van der Waals surface area contributed by atoms with Crippen molar-refractivity contribution in [3.8, 4) is 0 Å². The Kier molecular flexibility index (Phi) is 5.77. The van der Waals surface area contributed by atoms with Gasteiger partial charge in [0.25, 0.3) is 5.56 Å². The lowest BCUT2D eigenvalue weighted by molar-refractivity contribution is 0.777. The first kappa shape index (κ1) is 13.8. The second kappa shape index (κ2) is 6.29. The highest BCUT2D eigenvalue weighted by Gasteiger charge is 1.99. The third kappa shape index (κ3) is 3.79. The van der Waals surface area contributed by atoms with Gasteiger partial charge >= 0.3 is 5.69 Å². The molecule has 1 aromatic heterocycles.